The van der Waals surface area contributed by atoms with Crippen molar-refractivity contribution in [3.63, 3.8) is 0 Å². The monoisotopic (exact) mass is 256 g/mol. The second kappa shape index (κ2) is 5.74. The van der Waals surface area contributed by atoms with E-state index in [2.05, 4.69) is 34.9 Å². The minimum Gasteiger partial charge on any atom is -0.336 e. The van der Waals surface area contributed by atoms with Crippen molar-refractivity contribution in [2.75, 3.05) is 0 Å². The van der Waals surface area contributed by atoms with Crippen LogP contribution in [0.2, 0.25) is 0 Å². The fourth-order valence-corrected chi connectivity index (χ4v) is 2.21. The third-order valence-electron chi connectivity index (χ3n) is 3.06. The summed E-state index contributed by atoms with van der Waals surface area (Å²) in [7, 11) is 0. The van der Waals surface area contributed by atoms with Gasteiger partial charge in [-0.3, -0.25) is 0 Å². The second-order valence-corrected chi connectivity index (χ2v) is 5.06. The number of urea groups is 1. The van der Waals surface area contributed by atoms with Crippen LogP contribution in [0.4, 0.5) is 4.79 Å². The summed E-state index contributed by atoms with van der Waals surface area (Å²) in [5.74, 6) is 0. The molecule has 0 spiro atoms. The molecule has 1 atom stereocenters. The summed E-state index contributed by atoms with van der Waals surface area (Å²) in [5, 5.41) is 8.19. The van der Waals surface area contributed by atoms with E-state index in [1.807, 2.05) is 39.0 Å². The highest BCUT2D eigenvalue weighted by atomic mass is 16.2. The molecule has 3 heteroatoms. The SMILES string of the molecule is CC(C)NC(=O)N[C@H](C)c1cccc2ccccc12. The number of rotatable bonds is 3. The molecule has 0 aliphatic heterocycles. The Morgan fingerprint density at radius 3 is 2.37 bits per heavy atom. The van der Waals surface area contributed by atoms with Crippen LogP contribution < -0.4 is 10.6 Å². The van der Waals surface area contributed by atoms with Gasteiger partial charge in [0.15, 0.2) is 0 Å². The van der Waals surface area contributed by atoms with Gasteiger partial charge in [0.2, 0.25) is 0 Å². The maximum absolute atomic E-state index is 11.8. The Morgan fingerprint density at radius 1 is 0.947 bits per heavy atom. The number of hydrogen-bond acceptors (Lipinski definition) is 1. The highest BCUT2D eigenvalue weighted by Gasteiger charge is 2.12. The number of carbonyl (C=O) groups excluding carboxylic acids is 1. The van der Waals surface area contributed by atoms with Gasteiger partial charge in [0.1, 0.15) is 0 Å². The molecule has 0 unspecified atom stereocenters. The van der Waals surface area contributed by atoms with Crippen LogP contribution in [0.3, 0.4) is 0 Å². The molecule has 0 aromatic heterocycles. The van der Waals surface area contributed by atoms with E-state index in [1.165, 1.54) is 10.8 Å². The quantitative estimate of drug-likeness (QED) is 0.865. The van der Waals surface area contributed by atoms with Crippen LogP contribution in [0.5, 0.6) is 0 Å². The Morgan fingerprint density at radius 2 is 1.63 bits per heavy atom. The summed E-state index contributed by atoms with van der Waals surface area (Å²) < 4.78 is 0. The summed E-state index contributed by atoms with van der Waals surface area (Å²) >= 11 is 0. The highest BCUT2D eigenvalue weighted by molar-refractivity contribution is 5.86. The number of amides is 2. The van der Waals surface area contributed by atoms with Gasteiger partial charge in [0.25, 0.3) is 0 Å². The minimum absolute atomic E-state index is 0.0233. The Kier molecular flexibility index (Phi) is 4.05. The van der Waals surface area contributed by atoms with E-state index >= 15 is 0 Å². The third-order valence-corrected chi connectivity index (χ3v) is 3.06. The number of nitrogens with one attached hydrogen (secondary N) is 2. The van der Waals surface area contributed by atoms with E-state index in [0.29, 0.717) is 0 Å². The van der Waals surface area contributed by atoms with E-state index in [-0.39, 0.29) is 18.1 Å². The van der Waals surface area contributed by atoms with Crippen molar-refractivity contribution in [3.05, 3.63) is 48.0 Å². The lowest BCUT2D eigenvalue weighted by Gasteiger charge is -2.18. The Labute approximate surface area is 114 Å². The average Bonchev–Trinajstić information content (AvgIpc) is 2.36. The molecule has 2 aromatic carbocycles. The molecule has 19 heavy (non-hydrogen) atoms. The fourth-order valence-electron chi connectivity index (χ4n) is 2.21. The van der Waals surface area contributed by atoms with Crippen LogP contribution in [-0.2, 0) is 0 Å². The lowest BCUT2D eigenvalue weighted by molar-refractivity contribution is 0.235. The molecule has 0 aliphatic carbocycles. The predicted molar refractivity (Wildman–Crippen MR) is 79.2 cm³/mol. The van der Waals surface area contributed by atoms with Crippen LogP contribution in [0.25, 0.3) is 10.8 Å². The fraction of sp³-hybridized carbons (Fsp3) is 0.312. The molecule has 2 aromatic rings. The van der Waals surface area contributed by atoms with Gasteiger partial charge in [-0.2, -0.15) is 0 Å². The van der Waals surface area contributed by atoms with E-state index in [0.717, 1.165) is 5.56 Å². The zero-order valence-electron chi connectivity index (χ0n) is 11.6. The van der Waals surface area contributed by atoms with Gasteiger partial charge in [0.05, 0.1) is 6.04 Å². The van der Waals surface area contributed by atoms with Crippen LogP contribution in [-0.4, -0.2) is 12.1 Å². The summed E-state index contributed by atoms with van der Waals surface area (Å²) in [6.45, 7) is 5.89. The molecule has 0 saturated carbocycles. The van der Waals surface area contributed by atoms with Crippen molar-refractivity contribution < 1.29 is 4.79 Å². The summed E-state index contributed by atoms with van der Waals surface area (Å²) in [5.41, 5.74) is 1.14. The first-order valence-corrected chi connectivity index (χ1v) is 6.62. The van der Waals surface area contributed by atoms with Crippen LogP contribution in [0.15, 0.2) is 42.5 Å². The third kappa shape index (κ3) is 3.25. The van der Waals surface area contributed by atoms with Crippen LogP contribution >= 0.6 is 0 Å². The first-order chi connectivity index (χ1) is 9.08. The molecule has 0 heterocycles. The standard InChI is InChI=1S/C16H20N2O/c1-11(2)17-16(19)18-12(3)14-10-6-8-13-7-4-5-9-15(13)14/h4-12H,1-3H3,(H2,17,18,19)/t12-/m1/s1. The van der Waals surface area contributed by atoms with E-state index in [4.69, 9.17) is 0 Å². The molecule has 0 radical (unpaired) electrons. The first kappa shape index (κ1) is 13.4. The normalized spacial score (nSPS) is 12.4. The van der Waals surface area contributed by atoms with Crippen molar-refractivity contribution in [2.24, 2.45) is 0 Å². The molecule has 3 nitrogen and oxygen atoms in total. The summed E-state index contributed by atoms with van der Waals surface area (Å²) in [4.78, 5) is 11.8. The molecule has 0 bridgehead atoms. The Hall–Kier alpha value is -2.03. The zero-order valence-corrected chi connectivity index (χ0v) is 11.6. The number of carbonyl (C=O) groups is 1. The van der Waals surface area contributed by atoms with E-state index < -0.39 is 0 Å². The maximum atomic E-state index is 11.8. The molecule has 0 fully saturated rings. The zero-order chi connectivity index (χ0) is 13.8. The van der Waals surface area contributed by atoms with Gasteiger partial charge in [0, 0.05) is 6.04 Å². The summed E-state index contributed by atoms with van der Waals surface area (Å²) in [6, 6.07) is 14.4. The lowest BCUT2D eigenvalue weighted by atomic mass is 10.00. The largest absolute Gasteiger partial charge is 0.336 e. The molecular formula is C16H20N2O. The molecule has 2 N–H and O–H groups in total. The van der Waals surface area contributed by atoms with Crippen LogP contribution in [0, 0.1) is 0 Å². The number of benzene rings is 2. The van der Waals surface area contributed by atoms with Gasteiger partial charge in [-0.15, -0.1) is 0 Å². The Bertz CT molecular complexity index is 572. The van der Waals surface area contributed by atoms with Crippen molar-refractivity contribution in [2.45, 2.75) is 32.9 Å². The minimum atomic E-state index is -0.129. The maximum Gasteiger partial charge on any atom is 0.315 e. The van der Waals surface area contributed by atoms with Gasteiger partial charge < -0.3 is 10.6 Å². The van der Waals surface area contributed by atoms with Gasteiger partial charge in [-0.1, -0.05) is 42.5 Å². The Balaban J connectivity index is 2.22. The van der Waals surface area contributed by atoms with E-state index in [1.54, 1.807) is 0 Å². The predicted octanol–water partition coefficient (Wildman–Crippen LogP) is 3.61. The van der Waals surface area contributed by atoms with Crippen molar-refractivity contribution in [3.8, 4) is 0 Å². The molecule has 100 valence electrons. The molecule has 2 rings (SSSR count). The molecule has 2 amide bonds. The van der Waals surface area contributed by atoms with Gasteiger partial charge in [-0.05, 0) is 37.1 Å². The topological polar surface area (TPSA) is 41.1 Å². The highest BCUT2D eigenvalue weighted by Crippen LogP contribution is 2.23. The summed E-state index contributed by atoms with van der Waals surface area (Å²) in [6.07, 6.45) is 0. The number of fused-ring (bicyclic) bond motifs is 1. The number of hydrogen-bond donors (Lipinski definition) is 2. The smallest absolute Gasteiger partial charge is 0.315 e. The second-order valence-electron chi connectivity index (χ2n) is 5.06. The van der Waals surface area contributed by atoms with Crippen molar-refractivity contribution >= 4 is 16.8 Å². The molecule has 0 saturated heterocycles. The van der Waals surface area contributed by atoms with Crippen LogP contribution in [0.1, 0.15) is 32.4 Å². The van der Waals surface area contributed by atoms with Gasteiger partial charge >= 0.3 is 6.03 Å². The van der Waals surface area contributed by atoms with Crippen molar-refractivity contribution in [1.82, 2.24) is 10.6 Å². The average molecular weight is 256 g/mol. The van der Waals surface area contributed by atoms with Gasteiger partial charge in [-0.25, -0.2) is 4.79 Å². The van der Waals surface area contributed by atoms with E-state index in [9.17, 15) is 4.79 Å². The lowest BCUT2D eigenvalue weighted by Crippen LogP contribution is -2.40. The van der Waals surface area contributed by atoms with Crippen molar-refractivity contribution in [1.29, 1.82) is 0 Å². The molecule has 0 aliphatic rings. The first-order valence-electron chi connectivity index (χ1n) is 6.62. The molecular weight excluding hydrogens is 236 g/mol.